The van der Waals surface area contributed by atoms with Crippen molar-refractivity contribution in [3.05, 3.63) is 200 Å². The number of hydrogen-bond donors (Lipinski definition) is 0. The van der Waals surface area contributed by atoms with Crippen LogP contribution < -0.4 is 0 Å². The highest BCUT2D eigenvalue weighted by Crippen LogP contribution is 2.41. The van der Waals surface area contributed by atoms with Crippen LogP contribution in [0.5, 0.6) is 0 Å². The van der Waals surface area contributed by atoms with Gasteiger partial charge in [0.25, 0.3) is 0 Å². The van der Waals surface area contributed by atoms with E-state index in [0.29, 0.717) is 0 Å². The summed E-state index contributed by atoms with van der Waals surface area (Å²) in [7, 11) is 0. The molecule has 0 bridgehead atoms. The standard InChI is InChI=1S/C52H36N4/c1-5-17-35(18-6-1)45-29-39(30-46(53-45)36-19-7-2-8-20-36)55-49-27-15-13-25-41(49)43-33-44-42-26-14-16-28-50(42)56(52(44)34-51(43)55)40-31-47(37-21-9-3-10-22-37)54-48(32-40)38-23-11-4-12-24-38/h1-11,13-23,25-34H,12,24H2. The molecule has 0 N–H and O–H groups in total. The minimum absolute atomic E-state index is 0.938. The van der Waals surface area contributed by atoms with Gasteiger partial charge in [0.1, 0.15) is 0 Å². The molecule has 4 heterocycles. The average Bonchev–Trinajstić information content (AvgIpc) is 3.78. The first-order valence-electron chi connectivity index (χ1n) is 19.3. The van der Waals surface area contributed by atoms with Gasteiger partial charge < -0.3 is 9.13 Å². The highest BCUT2D eigenvalue weighted by molar-refractivity contribution is 6.19. The molecule has 0 atom stereocenters. The third-order valence-corrected chi connectivity index (χ3v) is 11.2. The summed E-state index contributed by atoms with van der Waals surface area (Å²) >= 11 is 0. The van der Waals surface area contributed by atoms with Gasteiger partial charge in [-0.25, -0.2) is 9.97 Å². The Hall–Kier alpha value is -7.30. The highest BCUT2D eigenvalue weighted by atomic mass is 15.0. The molecule has 6 aromatic carbocycles. The van der Waals surface area contributed by atoms with Crippen molar-refractivity contribution in [2.75, 3.05) is 0 Å². The lowest BCUT2D eigenvalue weighted by Crippen LogP contribution is -2.01. The number of nitrogens with zero attached hydrogens (tertiary/aromatic N) is 4. The largest absolute Gasteiger partial charge is 0.309 e. The Balaban J connectivity index is 1.22. The summed E-state index contributed by atoms with van der Waals surface area (Å²) in [5.41, 5.74) is 15.2. The summed E-state index contributed by atoms with van der Waals surface area (Å²) in [6.45, 7) is 0. The number of rotatable bonds is 6. The minimum Gasteiger partial charge on any atom is -0.309 e. The maximum atomic E-state index is 5.27. The van der Waals surface area contributed by atoms with Gasteiger partial charge in [0.15, 0.2) is 0 Å². The van der Waals surface area contributed by atoms with Crippen molar-refractivity contribution < 1.29 is 0 Å². The van der Waals surface area contributed by atoms with Crippen LogP contribution in [0.15, 0.2) is 194 Å². The van der Waals surface area contributed by atoms with Crippen molar-refractivity contribution in [3.8, 4) is 45.1 Å². The fourth-order valence-electron chi connectivity index (χ4n) is 8.53. The molecule has 0 saturated carbocycles. The Morgan fingerprint density at radius 1 is 0.375 bits per heavy atom. The number of fused-ring (bicyclic) bond motifs is 6. The monoisotopic (exact) mass is 716 g/mol. The van der Waals surface area contributed by atoms with E-state index < -0.39 is 0 Å². The topological polar surface area (TPSA) is 35.6 Å². The molecule has 10 aromatic rings. The molecule has 4 nitrogen and oxygen atoms in total. The van der Waals surface area contributed by atoms with Crippen molar-refractivity contribution in [3.63, 3.8) is 0 Å². The summed E-state index contributed by atoms with van der Waals surface area (Å²) in [5.74, 6) is 0. The minimum atomic E-state index is 0.938. The van der Waals surface area contributed by atoms with Crippen molar-refractivity contribution in [2.24, 2.45) is 0 Å². The van der Waals surface area contributed by atoms with Gasteiger partial charge >= 0.3 is 0 Å². The smallest absolute Gasteiger partial charge is 0.0730 e. The van der Waals surface area contributed by atoms with Crippen molar-refractivity contribution >= 4 is 49.2 Å². The van der Waals surface area contributed by atoms with Gasteiger partial charge in [0, 0.05) is 38.2 Å². The van der Waals surface area contributed by atoms with Crippen molar-refractivity contribution in [1.82, 2.24) is 19.1 Å². The van der Waals surface area contributed by atoms with E-state index in [1.165, 1.54) is 32.6 Å². The maximum absolute atomic E-state index is 5.27. The second kappa shape index (κ2) is 13.2. The Labute approximate surface area is 325 Å². The molecule has 0 spiro atoms. The van der Waals surface area contributed by atoms with Crippen LogP contribution >= 0.6 is 0 Å². The quantitative estimate of drug-likeness (QED) is 0.172. The number of allylic oxidation sites excluding steroid dienone is 4. The van der Waals surface area contributed by atoms with E-state index in [-0.39, 0.29) is 0 Å². The number of pyridine rings is 2. The second-order valence-electron chi connectivity index (χ2n) is 14.5. The predicted octanol–water partition coefficient (Wildman–Crippen LogP) is 13.4. The number of benzene rings is 6. The first kappa shape index (κ1) is 32.2. The van der Waals surface area contributed by atoms with Crippen LogP contribution in [0.2, 0.25) is 0 Å². The third kappa shape index (κ3) is 5.38. The summed E-state index contributed by atoms with van der Waals surface area (Å²) < 4.78 is 4.87. The first-order chi connectivity index (χ1) is 27.8. The zero-order valence-electron chi connectivity index (χ0n) is 30.7. The van der Waals surface area contributed by atoms with Gasteiger partial charge in [0.2, 0.25) is 0 Å². The Bertz CT molecular complexity index is 3110. The van der Waals surface area contributed by atoms with Gasteiger partial charge in [-0.3, -0.25) is 0 Å². The molecule has 0 saturated heterocycles. The van der Waals surface area contributed by atoms with E-state index in [0.717, 1.165) is 80.2 Å². The van der Waals surface area contributed by atoms with E-state index >= 15 is 0 Å². The van der Waals surface area contributed by atoms with Crippen LogP contribution in [-0.2, 0) is 0 Å². The molecular formula is C52H36N4. The molecule has 56 heavy (non-hydrogen) atoms. The number of hydrogen-bond acceptors (Lipinski definition) is 2. The Kier molecular flexibility index (Phi) is 7.59. The maximum Gasteiger partial charge on any atom is 0.0730 e. The lowest BCUT2D eigenvalue weighted by molar-refractivity contribution is 1.03. The lowest BCUT2D eigenvalue weighted by Gasteiger charge is -2.16. The molecule has 0 aliphatic heterocycles. The number of para-hydroxylation sites is 2. The van der Waals surface area contributed by atoms with Gasteiger partial charge in [0.05, 0.1) is 56.2 Å². The Morgan fingerprint density at radius 2 is 0.804 bits per heavy atom. The van der Waals surface area contributed by atoms with Crippen LogP contribution in [0.4, 0.5) is 0 Å². The predicted molar refractivity (Wildman–Crippen MR) is 233 cm³/mol. The molecule has 1 aliphatic rings. The Morgan fingerprint density at radius 3 is 1.27 bits per heavy atom. The third-order valence-electron chi connectivity index (χ3n) is 11.2. The summed E-state index contributed by atoms with van der Waals surface area (Å²) in [6, 6.07) is 63.0. The molecule has 4 aromatic heterocycles. The zero-order chi connectivity index (χ0) is 37.0. The molecule has 0 fully saturated rings. The molecule has 264 valence electrons. The van der Waals surface area contributed by atoms with Gasteiger partial charge in [-0.05, 0) is 66.9 Å². The molecule has 0 unspecified atom stereocenters. The fraction of sp³-hybridized carbons (Fsp3) is 0.0385. The summed E-state index contributed by atoms with van der Waals surface area (Å²) in [5, 5.41) is 4.88. The van der Waals surface area contributed by atoms with E-state index in [1.54, 1.807) is 0 Å². The molecular weight excluding hydrogens is 681 g/mol. The summed E-state index contributed by atoms with van der Waals surface area (Å²) in [6.07, 6.45) is 8.61. The highest BCUT2D eigenvalue weighted by Gasteiger charge is 2.21. The van der Waals surface area contributed by atoms with Crippen molar-refractivity contribution in [2.45, 2.75) is 12.8 Å². The zero-order valence-corrected chi connectivity index (χ0v) is 30.7. The average molecular weight is 717 g/mol. The van der Waals surface area contributed by atoms with Crippen LogP contribution in [-0.4, -0.2) is 19.1 Å². The SMILES string of the molecule is C1=CCCC(c2cc(-n3c4ccccc4c4cc5c6ccccc6n(-c6cc(-c7ccccc7)nc(-c7ccccc7)c6)c5cc43)cc(-c3ccccc3)n2)=C1. The van der Waals surface area contributed by atoms with Crippen LogP contribution in [0, 0.1) is 0 Å². The van der Waals surface area contributed by atoms with Gasteiger partial charge in [-0.1, -0.05) is 146 Å². The fourth-order valence-corrected chi connectivity index (χ4v) is 8.53. The van der Waals surface area contributed by atoms with Gasteiger partial charge in [-0.15, -0.1) is 0 Å². The summed E-state index contributed by atoms with van der Waals surface area (Å²) in [4.78, 5) is 10.5. The number of aromatic nitrogens is 4. The second-order valence-corrected chi connectivity index (χ2v) is 14.5. The molecule has 4 heteroatoms. The first-order valence-corrected chi connectivity index (χ1v) is 19.3. The van der Waals surface area contributed by atoms with E-state index in [9.17, 15) is 0 Å². The molecule has 0 amide bonds. The van der Waals surface area contributed by atoms with E-state index in [4.69, 9.17) is 9.97 Å². The molecule has 1 aliphatic carbocycles. The van der Waals surface area contributed by atoms with Gasteiger partial charge in [-0.2, -0.15) is 0 Å². The lowest BCUT2D eigenvalue weighted by atomic mass is 10.00. The van der Waals surface area contributed by atoms with Crippen LogP contribution in [0.3, 0.4) is 0 Å². The van der Waals surface area contributed by atoms with Crippen LogP contribution in [0.1, 0.15) is 18.5 Å². The molecule has 0 radical (unpaired) electrons. The normalized spacial score (nSPS) is 12.9. The van der Waals surface area contributed by atoms with E-state index in [2.05, 4.69) is 203 Å². The van der Waals surface area contributed by atoms with Crippen molar-refractivity contribution in [1.29, 1.82) is 0 Å². The van der Waals surface area contributed by atoms with E-state index in [1.807, 2.05) is 0 Å². The van der Waals surface area contributed by atoms with Crippen LogP contribution in [0.25, 0.3) is 94.3 Å². The molecule has 11 rings (SSSR count).